The standard InChI is InChI=1S/C19H16O3S/c1-3-11-22-19-13(7-6-9-15(19)21-2)12-17-18(20)14-8-4-5-10-16(14)23-17/h3-10,12H,1,11H2,2H3/b17-12+. The van der Waals surface area contributed by atoms with E-state index in [1.807, 2.05) is 48.5 Å². The molecule has 0 amide bonds. The van der Waals surface area contributed by atoms with Crippen LogP contribution < -0.4 is 9.47 Å². The fraction of sp³-hybridized carbons (Fsp3) is 0.105. The third-order valence-corrected chi connectivity index (χ3v) is 4.54. The number of hydrogen-bond donors (Lipinski definition) is 0. The Morgan fingerprint density at radius 2 is 2.00 bits per heavy atom. The van der Waals surface area contributed by atoms with Crippen molar-refractivity contribution in [2.45, 2.75) is 4.90 Å². The van der Waals surface area contributed by atoms with Crippen molar-refractivity contribution in [1.82, 2.24) is 0 Å². The van der Waals surface area contributed by atoms with Crippen LogP contribution in [0.3, 0.4) is 0 Å². The summed E-state index contributed by atoms with van der Waals surface area (Å²) in [5, 5.41) is 0. The fourth-order valence-corrected chi connectivity index (χ4v) is 3.42. The van der Waals surface area contributed by atoms with Crippen LogP contribution in [0.15, 0.2) is 64.9 Å². The van der Waals surface area contributed by atoms with Crippen LogP contribution in [0.1, 0.15) is 15.9 Å². The van der Waals surface area contributed by atoms with Gasteiger partial charge in [-0.05, 0) is 24.3 Å². The fourth-order valence-electron chi connectivity index (χ4n) is 2.38. The monoisotopic (exact) mass is 324 g/mol. The molecule has 116 valence electrons. The van der Waals surface area contributed by atoms with Crippen molar-refractivity contribution in [3.8, 4) is 11.5 Å². The molecule has 1 aliphatic rings. The Kier molecular flexibility index (Phi) is 4.53. The number of allylic oxidation sites excluding steroid dienone is 1. The minimum Gasteiger partial charge on any atom is -0.493 e. The molecule has 0 fully saturated rings. The molecule has 1 aliphatic heterocycles. The maximum atomic E-state index is 12.5. The van der Waals surface area contributed by atoms with Crippen LogP contribution >= 0.6 is 11.8 Å². The first-order valence-corrected chi connectivity index (χ1v) is 8.00. The highest BCUT2D eigenvalue weighted by Gasteiger charge is 2.25. The molecule has 0 unspecified atom stereocenters. The van der Waals surface area contributed by atoms with E-state index in [1.165, 1.54) is 11.8 Å². The van der Waals surface area contributed by atoms with Gasteiger partial charge in [0.25, 0.3) is 0 Å². The number of fused-ring (bicyclic) bond motifs is 1. The molecule has 0 bridgehead atoms. The zero-order chi connectivity index (χ0) is 16.2. The summed E-state index contributed by atoms with van der Waals surface area (Å²) >= 11 is 1.48. The second kappa shape index (κ2) is 6.75. The van der Waals surface area contributed by atoms with Crippen LogP contribution in [0.2, 0.25) is 0 Å². The normalized spacial score (nSPS) is 14.7. The van der Waals surface area contributed by atoms with Gasteiger partial charge in [-0.15, -0.1) is 0 Å². The van der Waals surface area contributed by atoms with Crippen LogP contribution in [0.5, 0.6) is 11.5 Å². The van der Waals surface area contributed by atoms with Crippen LogP contribution in [-0.2, 0) is 0 Å². The first-order chi connectivity index (χ1) is 11.2. The maximum absolute atomic E-state index is 12.5. The van der Waals surface area contributed by atoms with Crippen LogP contribution in [0, 0.1) is 0 Å². The van der Waals surface area contributed by atoms with Crippen LogP contribution in [0.4, 0.5) is 0 Å². The molecular weight excluding hydrogens is 308 g/mol. The topological polar surface area (TPSA) is 35.5 Å². The number of methoxy groups -OCH3 is 1. The number of benzene rings is 2. The number of Topliss-reactive ketones (excluding diaryl/α,β-unsaturated/α-hetero) is 1. The molecule has 1 heterocycles. The smallest absolute Gasteiger partial charge is 0.200 e. The van der Waals surface area contributed by atoms with Gasteiger partial charge in [-0.25, -0.2) is 0 Å². The van der Waals surface area contributed by atoms with Crippen molar-refractivity contribution in [2.24, 2.45) is 0 Å². The Bertz CT molecular complexity index is 793. The van der Waals surface area contributed by atoms with E-state index >= 15 is 0 Å². The molecule has 3 rings (SSSR count). The molecule has 0 radical (unpaired) electrons. The summed E-state index contributed by atoms with van der Waals surface area (Å²) in [4.78, 5) is 14.2. The Labute approximate surface area is 139 Å². The van der Waals surface area contributed by atoms with E-state index in [-0.39, 0.29) is 5.78 Å². The number of hydrogen-bond acceptors (Lipinski definition) is 4. The summed E-state index contributed by atoms with van der Waals surface area (Å²) in [5.74, 6) is 1.30. The third-order valence-electron chi connectivity index (χ3n) is 3.44. The molecule has 0 atom stereocenters. The van der Waals surface area contributed by atoms with Gasteiger partial charge >= 0.3 is 0 Å². The first kappa shape index (κ1) is 15.4. The summed E-state index contributed by atoms with van der Waals surface area (Å²) in [5.41, 5.74) is 1.56. The highest BCUT2D eigenvalue weighted by molar-refractivity contribution is 8.04. The van der Waals surface area contributed by atoms with Gasteiger partial charge in [0, 0.05) is 16.0 Å². The zero-order valence-corrected chi connectivity index (χ0v) is 13.6. The molecular formula is C19H16O3S. The summed E-state index contributed by atoms with van der Waals surface area (Å²) in [6.45, 7) is 4.04. The molecule has 3 nitrogen and oxygen atoms in total. The van der Waals surface area contributed by atoms with E-state index in [0.717, 1.165) is 16.0 Å². The van der Waals surface area contributed by atoms with Crippen molar-refractivity contribution in [1.29, 1.82) is 0 Å². The average Bonchev–Trinajstić information content (AvgIpc) is 2.90. The number of carbonyl (C=O) groups excluding carboxylic acids is 1. The molecule has 0 N–H and O–H groups in total. The quantitative estimate of drug-likeness (QED) is 0.595. The molecule has 0 saturated heterocycles. The van der Waals surface area contributed by atoms with E-state index in [4.69, 9.17) is 9.47 Å². The number of para-hydroxylation sites is 1. The second-order valence-electron chi connectivity index (χ2n) is 4.91. The van der Waals surface area contributed by atoms with Crippen molar-refractivity contribution < 1.29 is 14.3 Å². The number of rotatable bonds is 5. The highest BCUT2D eigenvalue weighted by atomic mass is 32.2. The van der Waals surface area contributed by atoms with Crippen LogP contribution in [0.25, 0.3) is 6.08 Å². The van der Waals surface area contributed by atoms with Gasteiger partial charge in [0.1, 0.15) is 6.61 Å². The largest absolute Gasteiger partial charge is 0.493 e. The van der Waals surface area contributed by atoms with Crippen molar-refractivity contribution >= 4 is 23.6 Å². The molecule has 0 spiro atoms. The van der Waals surface area contributed by atoms with Gasteiger partial charge in [-0.2, -0.15) is 0 Å². The van der Waals surface area contributed by atoms with E-state index < -0.39 is 0 Å². The predicted molar refractivity (Wildman–Crippen MR) is 93.3 cm³/mol. The Hall–Kier alpha value is -2.46. The van der Waals surface area contributed by atoms with Crippen molar-refractivity contribution in [3.05, 3.63) is 71.2 Å². The van der Waals surface area contributed by atoms with Crippen LogP contribution in [-0.4, -0.2) is 19.5 Å². The first-order valence-electron chi connectivity index (χ1n) is 7.18. The summed E-state index contributed by atoms with van der Waals surface area (Å²) < 4.78 is 11.1. The number of thioether (sulfide) groups is 1. The van der Waals surface area contributed by atoms with Gasteiger partial charge in [0.2, 0.25) is 5.78 Å². The van der Waals surface area contributed by atoms with Gasteiger partial charge in [0.05, 0.1) is 12.0 Å². The van der Waals surface area contributed by atoms with Gasteiger partial charge < -0.3 is 9.47 Å². The van der Waals surface area contributed by atoms with E-state index in [0.29, 0.717) is 23.0 Å². The summed E-state index contributed by atoms with van der Waals surface area (Å²) in [6.07, 6.45) is 3.53. The molecule has 4 heteroatoms. The molecule has 0 aromatic heterocycles. The van der Waals surface area contributed by atoms with Crippen molar-refractivity contribution in [3.63, 3.8) is 0 Å². The van der Waals surface area contributed by atoms with Gasteiger partial charge in [0.15, 0.2) is 11.5 Å². The Morgan fingerprint density at radius 1 is 1.17 bits per heavy atom. The number of carbonyl (C=O) groups is 1. The molecule has 2 aromatic rings. The van der Waals surface area contributed by atoms with E-state index in [1.54, 1.807) is 13.2 Å². The zero-order valence-electron chi connectivity index (χ0n) is 12.7. The molecule has 23 heavy (non-hydrogen) atoms. The lowest BCUT2D eigenvalue weighted by Crippen LogP contribution is -1.99. The second-order valence-corrected chi connectivity index (χ2v) is 6.00. The molecule has 0 saturated carbocycles. The van der Waals surface area contributed by atoms with E-state index in [2.05, 4.69) is 6.58 Å². The lowest BCUT2D eigenvalue weighted by atomic mass is 10.1. The Morgan fingerprint density at radius 3 is 2.74 bits per heavy atom. The summed E-state index contributed by atoms with van der Waals surface area (Å²) in [7, 11) is 1.60. The van der Waals surface area contributed by atoms with Gasteiger partial charge in [-0.1, -0.05) is 48.7 Å². The number of ketones is 1. The lowest BCUT2D eigenvalue weighted by Gasteiger charge is -2.12. The predicted octanol–water partition coefficient (Wildman–Crippen LogP) is 4.59. The minimum atomic E-state index is 0.0445. The number of ether oxygens (including phenoxy) is 2. The van der Waals surface area contributed by atoms with Crippen molar-refractivity contribution in [2.75, 3.05) is 13.7 Å². The maximum Gasteiger partial charge on any atom is 0.200 e. The SMILES string of the molecule is C=CCOc1c(/C=C2/Sc3ccccc3C2=O)cccc1OC. The average molecular weight is 324 g/mol. The Balaban J connectivity index is 2.00. The lowest BCUT2D eigenvalue weighted by molar-refractivity contribution is 0.104. The molecule has 0 aliphatic carbocycles. The minimum absolute atomic E-state index is 0.0445. The van der Waals surface area contributed by atoms with E-state index in [9.17, 15) is 4.79 Å². The highest BCUT2D eigenvalue weighted by Crippen LogP contribution is 2.42. The molecule has 2 aromatic carbocycles. The third kappa shape index (κ3) is 3.03. The summed E-state index contributed by atoms with van der Waals surface area (Å²) in [6, 6.07) is 13.2. The van der Waals surface area contributed by atoms with Gasteiger partial charge in [-0.3, -0.25) is 4.79 Å².